The predicted octanol–water partition coefficient (Wildman–Crippen LogP) is 7.19. The van der Waals surface area contributed by atoms with Crippen LogP contribution in [0.25, 0.3) is 0 Å². The van der Waals surface area contributed by atoms with E-state index in [0.717, 1.165) is 51.4 Å². The zero-order valence-corrected chi connectivity index (χ0v) is 16.5. The maximum atomic E-state index is 11.8. The van der Waals surface area contributed by atoms with E-state index in [1.165, 1.54) is 64.2 Å². The maximum absolute atomic E-state index is 11.8. The van der Waals surface area contributed by atoms with E-state index in [4.69, 9.17) is 0 Å². The van der Waals surface area contributed by atoms with Crippen molar-refractivity contribution in [3.8, 4) is 0 Å². The number of rotatable bonds is 19. The van der Waals surface area contributed by atoms with Gasteiger partial charge in [-0.1, -0.05) is 78.1 Å². The molecule has 0 saturated carbocycles. The van der Waals surface area contributed by atoms with Crippen LogP contribution in [0.3, 0.4) is 0 Å². The van der Waals surface area contributed by atoms with E-state index in [0.29, 0.717) is 11.6 Å². The zero-order valence-electron chi connectivity index (χ0n) is 16.5. The van der Waals surface area contributed by atoms with Gasteiger partial charge in [-0.05, 0) is 25.7 Å². The van der Waals surface area contributed by atoms with E-state index < -0.39 is 0 Å². The van der Waals surface area contributed by atoms with Gasteiger partial charge < -0.3 is 0 Å². The molecule has 0 aliphatic carbocycles. The summed E-state index contributed by atoms with van der Waals surface area (Å²) in [4.78, 5) is 23.2. The second-order valence-corrected chi connectivity index (χ2v) is 7.32. The van der Waals surface area contributed by atoms with Gasteiger partial charge in [0.15, 0.2) is 0 Å². The molecular formula is C22H42O2. The van der Waals surface area contributed by atoms with Crippen LogP contribution in [0.2, 0.25) is 0 Å². The Labute approximate surface area is 151 Å². The van der Waals surface area contributed by atoms with Crippen LogP contribution >= 0.6 is 0 Å². The summed E-state index contributed by atoms with van der Waals surface area (Å²) in [6.45, 7) is 4.30. The summed E-state index contributed by atoms with van der Waals surface area (Å²) in [5.74, 6) is 0.904. The van der Waals surface area contributed by atoms with Gasteiger partial charge in [0.05, 0.1) is 0 Å². The van der Waals surface area contributed by atoms with Crippen molar-refractivity contribution in [2.24, 2.45) is 0 Å². The van der Waals surface area contributed by atoms with E-state index in [9.17, 15) is 9.59 Å². The fourth-order valence-corrected chi connectivity index (χ4v) is 3.16. The first-order valence-corrected chi connectivity index (χ1v) is 10.7. The van der Waals surface area contributed by atoms with Gasteiger partial charge in [-0.2, -0.15) is 0 Å². The quantitative estimate of drug-likeness (QED) is 0.234. The van der Waals surface area contributed by atoms with E-state index in [1.54, 1.807) is 0 Å². The fraction of sp³-hybridized carbons (Fsp3) is 0.909. The lowest BCUT2D eigenvalue weighted by molar-refractivity contribution is -0.120. The minimum Gasteiger partial charge on any atom is -0.300 e. The lowest BCUT2D eigenvalue weighted by atomic mass is 10.0. The number of unbranched alkanes of at least 4 members (excludes halogenated alkanes) is 11. The Morgan fingerprint density at radius 2 is 0.750 bits per heavy atom. The van der Waals surface area contributed by atoms with Crippen LogP contribution in [0.4, 0.5) is 0 Å². The van der Waals surface area contributed by atoms with E-state index in [1.807, 2.05) is 0 Å². The monoisotopic (exact) mass is 338 g/mol. The van der Waals surface area contributed by atoms with Gasteiger partial charge in [-0.25, -0.2) is 0 Å². The van der Waals surface area contributed by atoms with Crippen LogP contribution in [0.5, 0.6) is 0 Å². The van der Waals surface area contributed by atoms with Crippen molar-refractivity contribution in [1.82, 2.24) is 0 Å². The molecule has 0 spiro atoms. The average molecular weight is 339 g/mol. The molecule has 0 fully saturated rings. The maximum Gasteiger partial charge on any atom is 0.132 e. The molecule has 0 amide bonds. The van der Waals surface area contributed by atoms with Crippen LogP contribution in [-0.4, -0.2) is 11.6 Å². The molecular weight excluding hydrogens is 296 g/mol. The molecule has 0 atom stereocenters. The first kappa shape index (κ1) is 23.3. The summed E-state index contributed by atoms with van der Waals surface area (Å²) in [6.07, 6.45) is 19.9. The molecule has 0 rings (SSSR count). The Hall–Kier alpha value is -0.660. The number of ketones is 2. The van der Waals surface area contributed by atoms with Gasteiger partial charge in [0.25, 0.3) is 0 Å². The molecule has 142 valence electrons. The van der Waals surface area contributed by atoms with Gasteiger partial charge in [0, 0.05) is 25.7 Å². The van der Waals surface area contributed by atoms with Gasteiger partial charge in [0.1, 0.15) is 11.6 Å². The van der Waals surface area contributed by atoms with Crippen molar-refractivity contribution in [3.05, 3.63) is 0 Å². The topological polar surface area (TPSA) is 34.1 Å². The second kappa shape index (κ2) is 18.7. The molecule has 2 heteroatoms. The number of hydrogen-bond donors (Lipinski definition) is 0. The summed E-state index contributed by atoms with van der Waals surface area (Å²) in [5.41, 5.74) is 0. The minimum atomic E-state index is 0.432. The van der Waals surface area contributed by atoms with Crippen LogP contribution in [0, 0.1) is 0 Å². The minimum absolute atomic E-state index is 0.432. The Kier molecular flexibility index (Phi) is 18.2. The highest BCUT2D eigenvalue weighted by Crippen LogP contribution is 2.13. The van der Waals surface area contributed by atoms with Crippen molar-refractivity contribution in [2.75, 3.05) is 0 Å². The third-order valence-corrected chi connectivity index (χ3v) is 4.75. The number of Topliss-reactive ketones (excluding diaryl/α,β-unsaturated/α-hetero) is 2. The van der Waals surface area contributed by atoms with Crippen molar-refractivity contribution < 1.29 is 9.59 Å². The molecule has 0 heterocycles. The number of carbonyl (C=O) groups is 2. The van der Waals surface area contributed by atoms with Crippen LogP contribution in [0.15, 0.2) is 0 Å². The van der Waals surface area contributed by atoms with E-state index >= 15 is 0 Å². The molecule has 0 aliphatic heterocycles. The first-order valence-electron chi connectivity index (χ1n) is 10.7. The highest BCUT2D eigenvalue weighted by molar-refractivity contribution is 5.78. The Balaban J connectivity index is 3.20. The number of hydrogen-bond acceptors (Lipinski definition) is 2. The SMILES string of the molecule is CCCCCCCCC(=O)CCCCCCCCCC(=O)CCC. The van der Waals surface area contributed by atoms with E-state index in [-0.39, 0.29) is 0 Å². The van der Waals surface area contributed by atoms with Gasteiger partial charge >= 0.3 is 0 Å². The molecule has 0 unspecified atom stereocenters. The van der Waals surface area contributed by atoms with Crippen molar-refractivity contribution in [2.45, 2.75) is 129 Å². The van der Waals surface area contributed by atoms with E-state index in [2.05, 4.69) is 13.8 Å². The molecule has 0 aromatic rings. The molecule has 0 aromatic heterocycles. The van der Waals surface area contributed by atoms with Gasteiger partial charge in [0.2, 0.25) is 0 Å². The molecule has 0 aliphatic rings. The van der Waals surface area contributed by atoms with Gasteiger partial charge in [-0.15, -0.1) is 0 Å². The highest BCUT2D eigenvalue weighted by Gasteiger charge is 2.02. The molecule has 0 radical (unpaired) electrons. The molecule has 0 aromatic carbocycles. The fourth-order valence-electron chi connectivity index (χ4n) is 3.16. The molecule has 0 bridgehead atoms. The number of carbonyl (C=O) groups excluding carboxylic acids is 2. The Bertz CT molecular complexity index is 296. The highest BCUT2D eigenvalue weighted by atomic mass is 16.1. The molecule has 2 nitrogen and oxygen atoms in total. The smallest absolute Gasteiger partial charge is 0.132 e. The summed E-state index contributed by atoms with van der Waals surface area (Å²) in [7, 11) is 0. The third-order valence-electron chi connectivity index (χ3n) is 4.75. The lowest BCUT2D eigenvalue weighted by Crippen LogP contribution is -1.97. The lowest BCUT2D eigenvalue weighted by Gasteiger charge is -2.03. The first-order chi connectivity index (χ1) is 11.7. The van der Waals surface area contributed by atoms with Crippen LogP contribution in [-0.2, 0) is 9.59 Å². The molecule has 0 N–H and O–H groups in total. The summed E-state index contributed by atoms with van der Waals surface area (Å²) >= 11 is 0. The third kappa shape index (κ3) is 17.7. The summed E-state index contributed by atoms with van der Waals surface area (Å²) in [6, 6.07) is 0. The normalized spacial score (nSPS) is 10.9. The van der Waals surface area contributed by atoms with Gasteiger partial charge in [-0.3, -0.25) is 9.59 Å². The van der Waals surface area contributed by atoms with Crippen molar-refractivity contribution in [1.29, 1.82) is 0 Å². The summed E-state index contributed by atoms with van der Waals surface area (Å²) in [5, 5.41) is 0. The Morgan fingerprint density at radius 1 is 0.417 bits per heavy atom. The van der Waals surface area contributed by atoms with Crippen molar-refractivity contribution in [3.63, 3.8) is 0 Å². The van der Waals surface area contributed by atoms with Crippen LogP contribution < -0.4 is 0 Å². The van der Waals surface area contributed by atoms with Crippen molar-refractivity contribution >= 4 is 11.6 Å². The molecule has 24 heavy (non-hydrogen) atoms. The zero-order chi connectivity index (χ0) is 17.9. The molecule has 0 saturated heterocycles. The average Bonchev–Trinajstić information content (AvgIpc) is 2.56. The second-order valence-electron chi connectivity index (χ2n) is 7.32. The Morgan fingerprint density at radius 3 is 1.12 bits per heavy atom. The van der Waals surface area contributed by atoms with Crippen LogP contribution in [0.1, 0.15) is 129 Å². The predicted molar refractivity (Wildman–Crippen MR) is 104 cm³/mol. The largest absolute Gasteiger partial charge is 0.300 e. The summed E-state index contributed by atoms with van der Waals surface area (Å²) < 4.78 is 0. The standard InChI is InChI=1S/C22H42O2/c1-3-5-6-7-11-15-19-22(24)20-16-13-10-8-9-12-14-18-21(23)17-4-2/h3-20H2,1-2H3.